The summed E-state index contributed by atoms with van der Waals surface area (Å²) in [7, 11) is 1.54. The van der Waals surface area contributed by atoms with Gasteiger partial charge in [0.15, 0.2) is 0 Å². The molecular weight excluding hydrogens is 394 g/mol. The summed E-state index contributed by atoms with van der Waals surface area (Å²) in [5.74, 6) is -0.213. The first-order chi connectivity index (χ1) is 14.9. The van der Waals surface area contributed by atoms with Crippen LogP contribution in [0, 0.1) is 18.3 Å². The molecule has 0 radical (unpaired) electrons. The minimum Gasteiger partial charge on any atom is -0.339 e. The van der Waals surface area contributed by atoms with Gasteiger partial charge in [-0.3, -0.25) is 18.7 Å². The van der Waals surface area contributed by atoms with E-state index in [-0.39, 0.29) is 29.0 Å². The highest BCUT2D eigenvalue weighted by Gasteiger charge is 2.25. The number of fused-ring (bicyclic) bond motifs is 1. The molecule has 1 aliphatic heterocycles. The number of benzene rings is 1. The molecule has 1 saturated heterocycles. The van der Waals surface area contributed by atoms with Gasteiger partial charge in [0.25, 0.3) is 11.5 Å². The van der Waals surface area contributed by atoms with Gasteiger partial charge >= 0.3 is 5.69 Å². The third-order valence-electron chi connectivity index (χ3n) is 5.76. The molecule has 0 aliphatic carbocycles. The van der Waals surface area contributed by atoms with Crippen LogP contribution in [0.1, 0.15) is 46.4 Å². The van der Waals surface area contributed by atoms with Crippen LogP contribution in [-0.2, 0) is 13.6 Å². The summed E-state index contributed by atoms with van der Waals surface area (Å²) in [6.07, 6.45) is 2.95. The van der Waals surface area contributed by atoms with Gasteiger partial charge in [0.05, 0.1) is 29.1 Å². The summed E-state index contributed by atoms with van der Waals surface area (Å²) in [6.45, 7) is 2.98. The second-order valence-electron chi connectivity index (χ2n) is 7.86. The molecule has 3 heterocycles. The second-order valence-corrected chi connectivity index (χ2v) is 7.86. The van der Waals surface area contributed by atoms with Crippen molar-refractivity contribution in [1.82, 2.24) is 19.0 Å². The standard InChI is InChI=1S/C23H23N5O3/c1-15-12-18(21(29)27-10-6-3-7-11-27)19-20(25-15)26(2)23(31)28(22(19)30)14-17-9-5-4-8-16(17)13-24/h4-5,8-9,12H,3,6-7,10-11,14H2,1-2H3. The predicted molar refractivity (Wildman–Crippen MR) is 116 cm³/mol. The Morgan fingerprint density at radius 1 is 1.16 bits per heavy atom. The average Bonchev–Trinajstić information content (AvgIpc) is 2.80. The molecule has 8 nitrogen and oxygen atoms in total. The topological polar surface area (TPSA) is 101 Å². The number of aryl methyl sites for hydroxylation is 2. The Morgan fingerprint density at radius 2 is 1.87 bits per heavy atom. The number of rotatable bonds is 3. The van der Waals surface area contributed by atoms with Crippen molar-refractivity contribution in [2.24, 2.45) is 7.05 Å². The fourth-order valence-electron chi connectivity index (χ4n) is 4.12. The third kappa shape index (κ3) is 3.63. The Hall–Kier alpha value is -3.73. The van der Waals surface area contributed by atoms with E-state index < -0.39 is 11.2 Å². The van der Waals surface area contributed by atoms with Crippen molar-refractivity contribution in [1.29, 1.82) is 5.26 Å². The number of aromatic nitrogens is 3. The van der Waals surface area contributed by atoms with E-state index in [9.17, 15) is 19.6 Å². The molecule has 31 heavy (non-hydrogen) atoms. The quantitative estimate of drug-likeness (QED) is 0.648. The number of amides is 1. The van der Waals surface area contributed by atoms with Crippen molar-refractivity contribution in [3.8, 4) is 6.07 Å². The zero-order valence-electron chi connectivity index (χ0n) is 17.6. The Morgan fingerprint density at radius 3 is 2.58 bits per heavy atom. The maximum atomic E-state index is 13.5. The maximum Gasteiger partial charge on any atom is 0.332 e. The van der Waals surface area contributed by atoms with Crippen LogP contribution in [0.3, 0.4) is 0 Å². The molecular formula is C23H23N5O3. The van der Waals surface area contributed by atoms with Crippen LogP contribution < -0.4 is 11.2 Å². The van der Waals surface area contributed by atoms with Crippen molar-refractivity contribution in [3.63, 3.8) is 0 Å². The zero-order chi connectivity index (χ0) is 22.1. The summed E-state index contributed by atoms with van der Waals surface area (Å²) >= 11 is 0. The highest BCUT2D eigenvalue weighted by molar-refractivity contribution is 6.05. The molecule has 8 heteroatoms. The molecule has 0 atom stereocenters. The van der Waals surface area contributed by atoms with Crippen LogP contribution in [0.2, 0.25) is 0 Å². The molecule has 1 amide bonds. The smallest absolute Gasteiger partial charge is 0.332 e. The Bertz CT molecular complexity index is 1340. The van der Waals surface area contributed by atoms with Gasteiger partial charge in [-0.05, 0) is 43.9 Å². The van der Waals surface area contributed by atoms with Crippen molar-refractivity contribution < 1.29 is 4.79 Å². The molecule has 1 fully saturated rings. The second kappa shape index (κ2) is 8.19. The molecule has 0 unspecified atom stereocenters. The van der Waals surface area contributed by atoms with Gasteiger partial charge in [0.1, 0.15) is 5.65 Å². The summed E-state index contributed by atoms with van der Waals surface area (Å²) in [5.41, 5.74) is 0.872. The third-order valence-corrected chi connectivity index (χ3v) is 5.76. The summed E-state index contributed by atoms with van der Waals surface area (Å²) in [6, 6.07) is 10.5. The molecule has 2 aromatic heterocycles. The summed E-state index contributed by atoms with van der Waals surface area (Å²) < 4.78 is 2.37. The highest BCUT2D eigenvalue weighted by atomic mass is 16.2. The monoisotopic (exact) mass is 417 g/mol. The van der Waals surface area contributed by atoms with Crippen molar-refractivity contribution in [2.45, 2.75) is 32.7 Å². The van der Waals surface area contributed by atoms with E-state index in [1.807, 2.05) is 0 Å². The first kappa shape index (κ1) is 20.5. The lowest BCUT2D eigenvalue weighted by atomic mass is 10.1. The molecule has 1 aliphatic rings. The summed E-state index contributed by atoms with van der Waals surface area (Å²) in [5, 5.41) is 9.51. The normalized spacial score (nSPS) is 13.9. The molecule has 0 saturated carbocycles. The molecule has 0 bridgehead atoms. The summed E-state index contributed by atoms with van der Waals surface area (Å²) in [4.78, 5) is 45.9. The Balaban J connectivity index is 1.95. The van der Waals surface area contributed by atoms with E-state index in [0.29, 0.717) is 29.9 Å². The molecule has 3 aromatic rings. The van der Waals surface area contributed by atoms with E-state index in [1.165, 1.54) is 4.57 Å². The fraction of sp³-hybridized carbons (Fsp3) is 0.348. The van der Waals surface area contributed by atoms with E-state index in [0.717, 1.165) is 23.8 Å². The van der Waals surface area contributed by atoms with Gasteiger partial charge < -0.3 is 4.90 Å². The van der Waals surface area contributed by atoms with Crippen LogP contribution in [0.5, 0.6) is 0 Å². The zero-order valence-corrected chi connectivity index (χ0v) is 17.6. The number of piperidine rings is 1. The van der Waals surface area contributed by atoms with E-state index in [4.69, 9.17) is 0 Å². The Kier molecular flexibility index (Phi) is 5.42. The lowest BCUT2D eigenvalue weighted by Gasteiger charge is -2.27. The fourth-order valence-corrected chi connectivity index (χ4v) is 4.12. The Labute approximate surface area is 179 Å². The largest absolute Gasteiger partial charge is 0.339 e. The maximum absolute atomic E-state index is 13.5. The van der Waals surface area contributed by atoms with Gasteiger partial charge in [-0.1, -0.05) is 18.2 Å². The molecule has 158 valence electrons. The van der Waals surface area contributed by atoms with Crippen LogP contribution in [0.25, 0.3) is 11.0 Å². The predicted octanol–water partition coefficient (Wildman–Crippen LogP) is 1.95. The molecule has 0 N–H and O–H groups in total. The van der Waals surface area contributed by atoms with Crippen LogP contribution in [0.4, 0.5) is 0 Å². The minimum absolute atomic E-state index is 0.0591. The number of nitriles is 1. The van der Waals surface area contributed by atoms with Gasteiger partial charge in [0.2, 0.25) is 0 Å². The molecule has 0 spiro atoms. The van der Waals surface area contributed by atoms with Crippen molar-refractivity contribution in [2.75, 3.05) is 13.1 Å². The van der Waals surface area contributed by atoms with Gasteiger partial charge in [0, 0.05) is 25.8 Å². The SMILES string of the molecule is Cc1cc(C(=O)N2CCCCC2)c2c(=O)n(Cc3ccccc3C#N)c(=O)n(C)c2n1. The van der Waals surface area contributed by atoms with E-state index in [1.54, 1.807) is 49.2 Å². The van der Waals surface area contributed by atoms with Crippen LogP contribution in [-0.4, -0.2) is 38.0 Å². The number of carbonyl (C=O) groups excluding carboxylic acids is 1. The number of likely N-dealkylation sites (tertiary alicyclic amines) is 1. The molecule has 1 aromatic carbocycles. The van der Waals surface area contributed by atoms with Gasteiger partial charge in [-0.2, -0.15) is 5.26 Å². The van der Waals surface area contributed by atoms with Gasteiger partial charge in [-0.25, -0.2) is 9.78 Å². The number of pyridine rings is 1. The van der Waals surface area contributed by atoms with Crippen molar-refractivity contribution >= 4 is 16.9 Å². The highest BCUT2D eigenvalue weighted by Crippen LogP contribution is 2.19. The minimum atomic E-state index is -0.571. The van der Waals surface area contributed by atoms with E-state index >= 15 is 0 Å². The van der Waals surface area contributed by atoms with E-state index in [2.05, 4.69) is 11.1 Å². The number of nitrogens with zero attached hydrogens (tertiary/aromatic N) is 5. The first-order valence-electron chi connectivity index (χ1n) is 10.3. The first-order valence-corrected chi connectivity index (χ1v) is 10.3. The number of hydrogen-bond donors (Lipinski definition) is 0. The van der Waals surface area contributed by atoms with Crippen LogP contribution in [0.15, 0.2) is 39.9 Å². The molecule has 4 rings (SSSR count). The van der Waals surface area contributed by atoms with Crippen molar-refractivity contribution in [3.05, 3.63) is 73.6 Å². The lowest BCUT2D eigenvalue weighted by molar-refractivity contribution is 0.0726. The average molecular weight is 417 g/mol. The number of carbonyl (C=O) groups is 1. The lowest BCUT2D eigenvalue weighted by Crippen LogP contribution is -2.42. The van der Waals surface area contributed by atoms with Crippen LogP contribution >= 0.6 is 0 Å². The number of hydrogen-bond acceptors (Lipinski definition) is 5. The van der Waals surface area contributed by atoms with Gasteiger partial charge in [-0.15, -0.1) is 0 Å².